The Morgan fingerprint density at radius 2 is 1.84 bits per heavy atom. The van der Waals surface area contributed by atoms with Gasteiger partial charge >= 0.3 is 0 Å². The summed E-state index contributed by atoms with van der Waals surface area (Å²) in [6, 6.07) is 10.3. The Morgan fingerprint density at radius 3 is 2.47 bits per heavy atom. The Bertz CT molecular complexity index is 832. The van der Waals surface area contributed by atoms with Crippen LogP contribution in [-0.4, -0.2) is 55.0 Å². The van der Waals surface area contributed by atoms with Crippen molar-refractivity contribution in [1.29, 1.82) is 0 Å². The minimum absolute atomic E-state index is 0.159. The first-order chi connectivity index (χ1) is 18.0. The van der Waals surface area contributed by atoms with Crippen LogP contribution in [0.25, 0.3) is 0 Å². The first kappa shape index (κ1) is 31.2. The van der Waals surface area contributed by atoms with Crippen molar-refractivity contribution in [3.8, 4) is 0 Å². The van der Waals surface area contributed by atoms with E-state index in [1.807, 2.05) is 45.9 Å². The van der Waals surface area contributed by atoms with E-state index in [2.05, 4.69) is 26.0 Å². The van der Waals surface area contributed by atoms with Gasteiger partial charge in [-0.1, -0.05) is 64.4 Å². The van der Waals surface area contributed by atoms with Crippen LogP contribution in [0.4, 0.5) is 0 Å². The van der Waals surface area contributed by atoms with Gasteiger partial charge in [0.15, 0.2) is 12.1 Å². The third-order valence-electron chi connectivity index (χ3n) is 8.40. The Labute approximate surface area is 230 Å². The van der Waals surface area contributed by atoms with Gasteiger partial charge in [-0.15, -0.1) is 0 Å². The van der Waals surface area contributed by atoms with Crippen LogP contribution in [-0.2, 0) is 30.2 Å². The molecule has 2 aliphatic rings. The Morgan fingerprint density at radius 1 is 1.11 bits per heavy atom. The van der Waals surface area contributed by atoms with Crippen LogP contribution in [0, 0.1) is 23.2 Å². The van der Waals surface area contributed by atoms with Crippen molar-refractivity contribution in [3.05, 3.63) is 35.9 Å². The largest absolute Gasteiger partial charge is 0.396 e. The second-order valence-corrected chi connectivity index (χ2v) is 12.6. The van der Waals surface area contributed by atoms with Crippen LogP contribution in [0.1, 0.15) is 92.1 Å². The lowest BCUT2D eigenvalue weighted by atomic mass is 9.70. The van der Waals surface area contributed by atoms with Gasteiger partial charge in [0, 0.05) is 19.1 Å². The topological polar surface area (TPSA) is 74.2 Å². The van der Waals surface area contributed by atoms with Gasteiger partial charge in [0.25, 0.3) is 0 Å². The van der Waals surface area contributed by atoms with E-state index in [1.54, 1.807) is 0 Å². The summed E-state index contributed by atoms with van der Waals surface area (Å²) in [5, 5.41) is 9.49. The monoisotopic (exact) mass is 532 g/mol. The zero-order chi connectivity index (χ0) is 27.8. The van der Waals surface area contributed by atoms with Crippen LogP contribution in [0.2, 0.25) is 0 Å². The SMILES string of the molecule is CC(CO)CCC[C@H](C)C(OC1CCCCO1)[C@@H](Cc1ccccc1)C(=O)C(C)(C)[C@@H]1CCOC(C)(C)O1. The first-order valence-corrected chi connectivity index (χ1v) is 14.8. The quantitative estimate of drug-likeness (QED) is 0.302. The Hall–Kier alpha value is -1.31. The molecule has 3 rings (SSSR count). The summed E-state index contributed by atoms with van der Waals surface area (Å²) in [7, 11) is 0. The number of carbonyl (C=O) groups is 1. The molecule has 2 fully saturated rings. The van der Waals surface area contributed by atoms with E-state index in [0.29, 0.717) is 26.1 Å². The zero-order valence-corrected chi connectivity index (χ0v) is 24.6. The summed E-state index contributed by atoms with van der Waals surface area (Å²) < 4.78 is 24.9. The summed E-state index contributed by atoms with van der Waals surface area (Å²) in [5.41, 5.74) is 0.426. The molecule has 1 aromatic rings. The van der Waals surface area contributed by atoms with E-state index in [9.17, 15) is 9.90 Å². The number of carbonyl (C=O) groups excluding carboxylic acids is 1. The van der Waals surface area contributed by atoms with Crippen LogP contribution >= 0.6 is 0 Å². The number of aliphatic hydroxyl groups excluding tert-OH is 1. The molecule has 6 heteroatoms. The van der Waals surface area contributed by atoms with Crippen LogP contribution < -0.4 is 0 Å². The summed E-state index contributed by atoms with van der Waals surface area (Å²) in [6.45, 7) is 13.7. The van der Waals surface area contributed by atoms with Crippen molar-refractivity contribution < 1.29 is 28.8 Å². The van der Waals surface area contributed by atoms with Crippen molar-refractivity contribution in [2.24, 2.45) is 23.2 Å². The molecular weight excluding hydrogens is 480 g/mol. The first-order valence-electron chi connectivity index (χ1n) is 14.8. The Kier molecular flexibility index (Phi) is 11.8. The Balaban J connectivity index is 1.91. The predicted octanol–water partition coefficient (Wildman–Crippen LogP) is 6.33. The molecule has 0 aromatic heterocycles. The molecule has 0 bridgehead atoms. The molecule has 38 heavy (non-hydrogen) atoms. The van der Waals surface area contributed by atoms with E-state index in [1.165, 1.54) is 0 Å². The molecule has 216 valence electrons. The lowest BCUT2D eigenvalue weighted by molar-refractivity contribution is -0.289. The molecular formula is C32H52O6. The molecule has 0 saturated carbocycles. The lowest BCUT2D eigenvalue weighted by Gasteiger charge is -2.45. The van der Waals surface area contributed by atoms with Gasteiger partial charge in [-0.25, -0.2) is 0 Å². The van der Waals surface area contributed by atoms with E-state index >= 15 is 0 Å². The van der Waals surface area contributed by atoms with Crippen molar-refractivity contribution in [1.82, 2.24) is 0 Å². The molecule has 2 heterocycles. The molecule has 0 radical (unpaired) electrons. The molecule has 1 aromatic carbocycles. The number of rotatable bonds is 14. The average Bonchev–Trinajstić information content (AvgIpc) is 2.90. The number of Topliss-reactive ketones (excluding diaryl/α,β-unsaturated/α-hetero) is 1. The van der Waals surface area contributed by atoms with Crippen LogP contribution in [0.5, 0.6) is 0 Å². The smallest absolute Gasteiger partial charge is 0.163 e. The molecule has 6 nitrogen and oxygen atoms in total. The van der Waals surface area contributed by atoms with E-state index in [4.69, 9.17) is 18.9 Å². The second kappa shape index (κ2) is 14.4. The number of ketones is 1. The maximum Gasteiger partial charge on any atom is 0.163 e. The highest BCUT2D eigenvalue weighted by molar-refractivity contribution is 5.87. The minimum Gasteiger partial charge on any atom is -0.396 e. The molecule has 0 amide bonds. The predicted molar refractivity (Wildman–Crippen MR) is 150 cm³/mol. The van der Waals surface area contributed by atoms with Crippen LogP contribution in [0.15, 0.2) is 30.3 Å². The summed E-state index contributed by atoms with van der Waals surface area (Å²) >= 11 is 0. The number of hydrogen-bond donors (Lipinski definition) is 1. The lowest BCUT2D eigenvalue weighted by Crippen LogP contribution is -2.53. The van der Waals surface area contributed by atoms with E-state index in [-0.39, 0.29) is 48.6 Å². The van der Waals surface area contributed by atoms with Gasteiger partial charge in [0.1, 0.15) is 5.78 Å². The molecule has 0 aliphatic carbocycles. The summed E-state index contributed by atoms with van der Waals surface area (Å²) in [6.07, 6.45) is 6.38. The third-order valence-corrected chi connectivity index (χ3v) is 8.40. The number of benzene rings is 1. The van der Waals surface area contributed by atoms with Crippen molar-refractivity contribution in [2.75, 3.05) is 19.8 Å². The maximum absolute atomic E-state index is 14.6. The average molecular weight is 533 g/mol. The fourth-order valence-corrected chi connectivity index (χ4v) is 5.88. The van der Waals surface area contributed by atoms with Gasteiger partial charge < -0.3 is 24.1 Å². The number of ether oxygens (including phenoxy) is 4. The standard InChI is InChI=1S/C32H52O6/c1-23(22-33)13-12-14-24(2)29(37-28-17-10-11-19-35-28)26(21-25-15-8-7-9-16-25)30(34)31(3,4)27-18-20-36-32(5,6)38-27/h7-9,15-16,23-24,26-29,33H,10-14,17-22H2,1-6H3/t23?,24-,26+,27-,28?,29?/m0/s1. The van der Waals surface area contributed by atoms with Gasteiger partial charge in [-0.2, -0.15) is 0 Å². The molecule has 3 unspecified atom stereocenters. The fourth-order valence-electron chi connectivity index (χ4n) is 5.88. The summed E-state index contributed by atoms with van der Waals surface area (Å²) in [5.74, 6) is -0.430. The zero-order valence-electron chi connectivity index (χ0n) is 24.6. The molecule has 0 spiro atoms. The van der Waals surface area contributed by atoms with Gasteiger partial charge in [-0.05, 0) is 76.2 Å². The van der Waals surface area contributed by atoms with E-state index in [0.717, 1.165) is 44.1 Å². The highest BCUT2D eigenvalue weighted by Gasteiger charge is 2.48. The number of aliphatic hydroxyl groups is 1. The fraction of sp³-hybridized carbons (Fsp3) is 0.781. The molecule has 2 saturated heterocycles. The molecule has 2 aliphatic heterocycles. The van der Waals surface area contributed by atoms with Gasteiger partial charge in [0.2, 0.25) is 0 Å². The third kappa shape index (κ3) is 8.85. The second-order valence-electron chi connectivity index (χ2n) is 12.6. The van der Waals surface area contributed by atoms with Crippen molar-refractivity contribution in [3.63, 3.8) is 0 Å². The highest BCUT2D eigenvalue weighted by Crippen LogP contribution is 2.40. The highest BCUT2D eigenvalue weighted by atomic mass is 16.7. The van der Waals surface area contributed by atoms with Crippen molar-refractivity contribution in [2.45, 2.75) is 117 Å². The number of hydrogen-bond acceptors (Lipinski definition) is 6. The minimum atomic E-state index is -0.710. The maximum atomic E-state index is 14.6. The molecule has 1 N–H and O–H groups in total. The van der Waals surface area contributed by atoms with Gasteiger partial charge in [0.05, 0.1) is 24.2 Å². The van der Waals surface area contributed by atoms with Crippen molar-refractivity contribution >= 4 is 5.78 Å². The van der Waals surface area contributed by atoms with Crippen LogP contribution in [0.3, 0.4) is 0 Å². The van der Waals surface area contributed by atoms with E-state index < -0.39 is 11.2 Å². The molecule has 6 atom stereocenters. The normalized spacial score (nSPS) is 25.3. The summed E-state index contributed by atoms with van der Waals surface area (Å²) in [4.78, 5) is 14.6. The van der Waals surface area contributed by atoms with Gasteiger partial charge in [-0.3, -0.25) is 4.79 Å².